The van der Waals surface area contributed by atoms with Crippen molar-refractivity contribution < 1.29 is 14.6 Å². The van der Waals surface area contributed by atoms with Gasteiger partial charge in [-0.15, -0.1) is 0 Å². The molecule has 1 saturated carbocycles. The molecule has 1 spiro atoms. The van der Waals surface area contributed by atoms with Crippen LogP contribution in [0.15, 0.2) is 42.5 Å². The van der Waals surface area contributed by atoms with E-state index >= 15 is 0 Å². The first-order valence-electron chi connectivity index (χ1n) is 9.19. The van der Waals surface area contributed by atoms with Crippen LogP contribution >= 0.6 is 0 Å². The molecular weight excluding hydrogens is 312 g/mol. The Kier molecular flexibility index (Phi) is 3.06. The summed E-state index contributed by atoms with van der Waals surface area (Å²) in [5, 5.41) is 9.54. The van der Waals surface area contributed by atoms with Crippen molar-refractivity contribution >= 4 is 5.97 Å². The maximum Gasteiger partial charge on any atom is 0.307 e. The molecule has 3 atom stereocenters. The van der Waals surface area contributed by atoms with Crippen LogP contribution in [0, 0.1) is 11.8 Å². The van der Waals surface area contributed by atoms with Crippen molar-refractivity contribution in [2.24, 2.45) is 11.8 Å². The molecular formula is C22H22O3. The Labute approximate surface area is 147 Å². The highest BCUT2D eigenvalue weighted by molar-refractivity contribution is 5.79. The molecule has 0 bridgehead atoms. The van der Waals surface area contributed by atoms with Gasteiger partial charge in [-0.05, 0) is 53.1 Å². The number of carbonyl (C=O) groups is 1. The second-order valence-corrected chi connectivity index (χ2v) is 7.88. The molecule has 0 saturated heterocycles. The number of carboxylic acids is 1. The minimum absolute atomic E-state index is 0.154. The Bertz CT molecular complexity index is 846. The smallest absolute Gasteiger partial charge is 0.307 e. The summed E-state index contributed by atoms with van der Waals surface area (Å²) in [5.41, 5.74) is 5.14. The predicted octanol–water partition coefficient (Wildman–Crippen LogP) is 3.77. The zero-order valence-electron chi connectivity index (χ0n) is 14.4. The van der Waals surface area contributed by atoms with Gasteiger partial charge >= 0.3 is 5.97 Å². The van der Waals surface area contributed by atoms with E-state index in [2.05, 4.69) is 49.4 Å². The number of hydrogen-bond donors (Lipinski definition) is 1. The fraction of sp³-hybridized carbons (Fsp3) is 0.409. The van der Waals surface area contributed by atoms with Crippen LogP contribution in [0.4, 0.5) is 0 Å². The largest absolute Gasteiger partial charge is 0.490 e. The lowest BCUT2D eigenvalue weighted by atomic mass is 9.93. The molecule has 3 nitrogen and oxygen atoms in total. The van der Waals surface area contributed by atoms with Crippen molar-refractivity contribution in [3.63, 3.8) is 0 Å². The molecule has 25 heavy (non-hydrogen) atoms. The van der Waals surface area contributed by atoms with E-state index in [0.717, 1.165) is 31.4 Å². The Morgan fingerprint density at radius 2 is 1.84 bits per heavy atom. The molecule has 0 amide bonds. The molecule has 3 unspecified atom stereocenters. The van der Waals surface area contributed by atoms with E-state index in [1.165, 1.54) is 22.3 Å². The molecule has 2 aromatic rings. The molecule has 128 valence electrons. The number of carboxylic acid groups (broad SMARTS) is 1. The first kappa shape index (κ1) is 15.0. The van der Waals surface area contributed by atoms with E-state index in [1.807, 2.05) is 0 Å². The van der Waals surface area contributed by atoms with Gasteiger partial charge in [0.05, 0.1) is 5.92 Å². The topological polar surface area (TPSA) is 46.5 Å². The normalized spacial score (nSPS) is 29.5. The third-order valence-corrected chi connectivity index (χ3v) is 6.73. The third-order valence-electron chi connectivity index (χ3n) is 6.73. The van der Waals surface area contributed by atoms with Gasteiger partial charge in [-0.25, -0.2) is 0 Å². The molecule has 5 rings (SSSR count). The van der Waals surface area contributed by atoms with E-state index in [0.29, 0.717) is 0 Å². The number of ether oxygens (including phenoxy) is 1. The van der Waals surface area contributed by atoms with Crippen LogP contribution in [-0.2, 0) is 29.5 Å². The molecule has 1 N–H and O–H groups in total. The van der Waals surface area contributed by atoms with Crippen molar-refractivity contribution in [1.82, 2.24) is 0 Å². The fourth-order valence-electron chi connectivity index (χ4n) is 5.41. The Morgan fingerprint density at radius 3 is 2.48 bits per heavy atom. The summed E-state index contributed by atoms with van der Waals surface area (Å²) in [6.45, 7) is 2.08. The zero-order valence-corrected chi connectivity index (χ0v) is 14.4. The van der Waals surface area contributed by atoms with Gasteiger partial charge in [-0.2, -0.15) is 0 Å². The molecule has 3 heteroatoms. The van der Waals surface area contributed by atoms with Crippen LogP contribution in [0.25, 0.3) is 0 Å². The SMILES string of the molecule is CC1C(C(=O)O)C12CCc1ccc(OC3Cc4ccccc4C3)cc12. The van der Waals surface area contributed by atoms with Gasteiger partial charge in [0.15, 0.2) is 0 Å². The first-order chi connectivity index (χ1) is 12.1. The van der Waals surface area contributed by atoms with Gasteiger partial charge < -0.3 is 9.84 Å². The van der Waals surface area contributed by atoms with Crippen molar-refractivity contribution in [2.75, 3.05) is 0 Å². The van der Waals surface area contributed by atoms with E-state index in [1.54, 1.807) is 0 Å². The Hall–Kier alpha value is -2.29. The number of aryl methyl sites for hydroxylation is 1. The summed E-state index contributed by atoms with van der Waals surface area (Å²) in [5.74, 6) is 0.218. The average Bonchev–Trinajstić information content (AvgIpc) is 2.89. The molecule has 0 aliphatic heterocycles. The van der Waals surface area contributed by atoms with Gasteiger partial charge in [0.25, 0.3) is 0 Å². The van der Waals surface area contributed by atoms with Gasteiger partial charge in [0.2, 0.25) is 0 Å². The van der Waals surface area contributed by atoms with Gasteiger partial charge in [-0.3, -0.25) is 4.79 Å². The highest BCUT2D eigenvalue weighted by Crippen LogP contribution is 2.66. The minimum Gasteiger partial charge on any atom is -0.490 e. The first-order valence-corrected chi connectivity index (χ1v) is 9.19. The molecule has 2 aromatic carbocycles. The van der Waals surface area contributed by atoms with Crippen LogP contribution in [0.1, 0.15) is 35.6 Å². The van der Waals surface area contributed by atoms with Crippen molar-refractivity contribution in [2.45, 2.75) is 44.1 Å². The number of fused-ring (bicyclic) bond motifs is 3. The number of benzene rings is 2. The highest BCUT2D eigenvalue weighted by Gasteiger charge is 2.68. The van der Waals surface area contributed by atoms with Crippen LogP contribution in [0.3, 0.4) is 0 Å². The molecule has 0 aromatic heterocycles. The maximum atomic E-state index is 11.6. The van der Waals surface area contributed by atoms with Gasteiger partial charge in [0.1, 0.15) is 11.9 Å². The average molecular weight is 334 g/mol. The second kappa shape index (κ2) is 5.10. The number of hydrogen-bond acceptors (Lipinski definition) is 2. The van der Waals surface area contributed by atoms with Crippen LogP contribution in [-0.4, -0.2) is 17.2 Å². The molecule has 3 aliphatic rings. The lowest BCUT2D eigenvalue weighted by Gasteiger charge is -2.16. The maximum absolute atomic E-state index is 11.6. The Morgan fingerprint density at radius 1 is 1.12 bits per heavy atom. The molecule has 1 fully saturated rings. The summed E-state index contributed by atoms with van der Waals surface area (Å²) in [4.78, 5) is 11.6. The van der Waals surface area contributed by atoms with Crippen LogP contribution < -0.4 is 4.74 Å². The molecule has 3 aliphatic carbocycles. The lowest BCUT2D eigenvalue weighted by Crippen LogP contribution is -2.17. The fourth-order valence-corrected chi connectivity index (χ4v) is 5.41. The standard InChI is InChI=1S/C22H22O3/c1-13-20(21(23)24)22(13)9-8-14-6-7-17(12-19(14)22)25-18-10-15-4-2-3-5-16(15)11-18/h2-7,12-13,18,20H,8-11H2,1H3,(H,23,24). The summed E-state index contributed by atoms with van der Waals surface area (Å²) in [6, 6.07) is 14.9. The van der Waals surface area contributed by atoms with Crippen LogP contribution in [0.2, 0.25) is 0 Å². The van der Waals surface area contributed by atoms with Crippen molar-refractivity contribution in [3.8, 4) is 5.75 Å². The highest BCUT2D eigenvalue weighted by atomic mass is 16.5. The van der Waals surface area contributed by atoms with Gasteiger partial charge in [-0.1, -0.05) is 37.3 Å². The Balaban J connectivity index is 1.40. The summed E-state index contributed by atoms with van der Waals surface area (Å²) in [6.07, 6.45) is 4.02. The summed E-state index contributed by atoms with van der Waals surface area (Å²) >= 11 is 0. The van der Waals surface area contributed by atoms with Gasteiger partial charge in [0, 0.05) is 18.3 Å². The number of rotatable bonds is 3. The monoisotopic (exact) mass is 334 g/mol. The van der Waals surface area contributed by atoms with Crippen LogP contribution in [0.5, 0.6) is 5.75 Å². The lowest BCUT2D eigenvalue weighted by molar-refractivity contribution is -0.139. The van der Waals surface area contributed by atoms with E-state index in [-0.39, 0.29) is 23.4 Å². The zero-order chi connectivity index (χ0) is 17.2. The second-order valence-electron chi connectivity index (χ2n) is 7.88. The molecule has 0 radical (unpaired) electrons. The van der Waals surface area contributed by atoms with E-state index in [9.17, 15) is 9.90 Å². The minimum atomic E-state index is -0.655. The van der Waals surface area contributed by atoms with Crippen molar-refractivity contribution in [1.29, 1.82) is 0 Å². The van der Waals surface area contributed by atoms with Crippen molar-refractivity contribution in [3.05, 3.63) is 64.7 Å². The van der Waals surface area contributed by atoms with E-state index in [4.69, 9.17) is 4.74 Å². The van der Waals surface area contributed by atoms with E-state index < -0.39 is 5.97 Å². The molecule has 0 heterocycles. The summed E-state index contributed by atoms with van der Waals surface area (Å²) < 4.78 is 6.29. The third kappa shape index (κ3) is 2.08. The quantitative estimate of drug-likeness (QED) is 0.929. The predicted molar refractivity (Wildman–Crippen MR) is 95.0 cm³/mol. The summed E-state index contributed by atoms with van der Waals surface area (Å²) in [7, 11) is 0. The number of aliphatic carboxylic acids is 1.